The first kappa shape index (κ1) is 15.3. The molecule has 21 heavy (non-hydrogen) atoms. The fourth-order valence-corrected chi connectivity index (χ4v) is 1.84. The number of nitrogens with zero attached hydrogens (tertiary/aromatic N) is 2. The molecule has 0 atom stereocenters. The van der Waals surface area contributed by atoms with E-state index in [2.05, 4.69) is 15.5 Å². The molecule has 6 heteroatoms. The quantitative estimate of drug-likeness (QED) is 0.713. The molecule has 0 fully saturated rings. The highest BCUT2D eigenvalue weighted by Gasteiger charge is 2.03. The molecule has 2 rings (SSSR count). The fourth-order valence-electron chi connectivity index (χ4n) is 1.84. The van der Waals surface area contributed by atoms with E-state index < -0.39 is 0 Å². The maximum Gasteiger partial charge on any atom is 0.227 e. The Morgan fingerprint density at radius 1 is 1.14 bits per heavy atom. The SMILES string of the molecule is CCOc1ccccc1OCCNCCc1nc(C)no1. The molecule has 0 saturated carbocycles. The average molecular weight is 291 g/mol. The van der Waals surface area contributed by atoms with Gasteiger partial charge in [-0.15, -0.1) is 0 Å². The Hall–Kier alpha value is -2.08. The Morgan fingerprint density at radius 2 is 1.90 bits per heavy atom. The van der Waals surface area contributed by atoms with Crippen LogP contribution in [0.5, 0.6) is 11.5 Å². The maximum absolute atomic E-state index is 5.71. The lowest BCUT2D eigenvalue weighted by atomic mass is 10.3. The van der Waals surface area contributed by atoms with E-state index in [1.807, 2.05) is 38.1 Å². The van der Waals surface area contributed by atoms with Crippen LogP contribution in [0.2, 0.25) is 0 Å². The number of nitrogens with one attached hydrogen (secondary N) is 1. The first-order valence-corrected chi connectivity index (χ1v) is 7.14. The molecule has 0 radical (unpaired) electrons. The van der Waals surface area contributed by atoms with E-state index in [1.165, 1.54) is 0 Å². The number of aromatic nitrogens is 2. The highest BCUT2D eigenvalue weighted by atomic mass is 16.5. The summed E-state index contributed by atoms with van der Waals surface area (Å²) in [6.45, 7) is 6.49. The van der Waals surface area contributed by atoms with Crippen LogP contribution in [0.15, 0.2) is 28.8 Å². The lowest BCUT2D eigenvalue weighted by Crippen LogP contribution is -2.23. The summed E-state index contributed by atoms with van der Waals surface area (Å²) in [6.07, 6.45) is 0.719. The average Bonchev–Trinajstić information content (AvgIpc) is 2.90. The zero-order chi connectivity index (χ0) is 14.9. The van der Waals surface area contributed by atoms with Crippen LogP contribution in [-0.4, -0.2) is 36.4 Å². The Balaban J connectivity index is 1.63. The van der Waals surface area contributed by atoms with Crippen molar-refractivity contribution in [2.45, 2.75) is 20.3 Å². The maximum atomic E-state index is 5.71. The highest BCUT2D eigenvalue weighted by molar-refractivity contribution is 5.39. The molecule has 114 valence electrons. The Labute approximate surface area is 124 Å². The number of benzene rings is 1. The Bertz CT molecular complexity index is 542. The molecule has 0 spiro atoms. The van der Waals surface area contributed by atoms with Crippen LogP contribution in [0, 0.1) is 6.92 Å². The third kappa shape index (κ3) is 5.07. The van der Waals surface area contributed by atoms with Crippen LogP contribution in [-0.2, 0) is 6.42 Å². The summed E-state index contributed by atoms with van der Waals surface area (Å²) < 4.78 is 16.2. The second-order valence-corrected chi connectivity index (χ2v) is 4.46. The topological polar surface area (TPSA) is 69.4 Å². The summed E-state index contributed by atoms with van der Waals surface area (Å²) in [5.41, 5.74) is 0. The normalized spacial score (nSPS) is 10.6. The summed E-state index contributed by atoms with van der Waals surface area (Å²) in [7, 11) is 0. The van der Waals surface area contributed by atoms with Gasteiger partial charge in [-0.05, 0) is 26.0 Å². The zero-order valence-electron chi connectivity index (χ0n) is 12.5. The van der Waals surface area contributed by atoms with Crippen molar-refractivity contribution >= 4 is 0 Å². The third-order valence-electron chi connectivity index (χ3n) is 2.77. The smallest absolute Gasteiger partial charge is 0.227 e. The molecule has 0 unspecified atom stereocenters. The number of para-hydroxylation sites is 2. The first-order chi connectivity index (χ1) is 10.3. The van der Waals surface area contributed by atoms with E-state index in [4.69, 9.17) is 14.0 Å². The third-order valence-corrected chi connectivity index (χ3v) is 2.77. The molecule has 0 aliphatic heterocycles. The van der Waals surface area contributed by atoms with E-state index in [1.54, 1.807) is 0 Å². The molecule has 1 aromatic heterocycles. The summed E-state index contributed by atoms with van der Waals surface area (Å²) in [5, 5.41) is 7.02. The van der Waals surface area contributed by atoms with Crippen LogP contribution in [0.4, 0.5) is 0 Å². The summed E-state index contributed by atoms with van der Waals surface area (Å²) in [6, 6.07) is 7.68. The van der Waals surface area contributed by atoms with E-state index in [0.717, 1.165) is 31.0 Å². The monoisotopic (exact) mass is 291 g/mol. The lowest BCUT2D eigenvalue weighted by molar-refractivity contribution is 0.275. The fraction of sp³-hybridized carbons (Fsp3) is 0.467. The van der Waals surface area contributed by atoms with Gasteiger partial charge in [0.1, 0.15) is 6.61 Å². The van der Waals surface area contributed by atoms with Crippen LogP contribution in [0.1, 0.15) is 18.6 Å². The number of aryl methyl sites for hydroxylation is 1. The molecule has 6 nitrogen and oxygen atoms in total. The Morgan fingerprint density at radius 3 is 2.57 bits per heavy atom. The van der Waals surface area contributed by atoms with Crippen molar-refractivity contribution in [3.05, 3.63) is 36.0 Å². The van der Waals surface area contributed by atoms with Gasteiger partial charge in [0.05, 0.1) is 6.61 Å². The van der Waals surface area contributed by atoms with E-state index >= 15 is 0 Å². The standard InChI is InChI=1S/C15H21N3O3/c1-3-19-13-6-4-5-7-14(13)20-11-10-16-9-8-15-17-12(2)18-21-15/h4-7,16H,3,8-11H2,1-2H3. The summed E-state index contributed by atoms with van der Waals surface area (Å²) >= 11 is 0. The van der Waals surface area contributed by atoms with Crippen LogP contribution in [0.25, 0.3) is 0 Å². The van der Waals surface area contributed by atoms with Crippen LogP contribution in [0.3, 0.4) is 0 Å². The van der Waals surface area contributed by atoms with Gasteiger partial charge in [-0.2, -0.15) is 4.98 Å². The molecule has 0 aliphatic carbocycles. The van der Waals surface area contributed by atoms with Crippen molar-refractivity contribution in [1.29, 1.82) is 0 Å². The number of ether oxygens (including phenoxy) is 2. The summed E-state index contributed by atoms with van der Waals surface area (Å²) in [4.78, 5) is 4.14. The van der Waals surface area contributed by atoms with Crippen molar-refractivity contribution in [3.8, 4) is 11.5 Å². The molecule has 0 amide bonds. The first-order valence-electron chi connectivity index (χ1n) is 7.14. The van der Waals surface area contributed by atoms with Gasteiger partial charge in [0, 0.05) is 19.5 Å². The molecule has 1 heterocycles. The van der Waals surface area contributed by atoms with Crippen molar-refractivity contribution in [3.63, 3.8) is 0 Å². The predicted octanol–water partition coefficient (Wildman–Crippen LogP) is 1.99. The molecule has 0 bridgehead atoms. The van der Waals surface area contributed by atoms with Gasteiger partial charge in [-0.25, -0.2) is 0 Å². The molecule has 2 aromatic rings. The van der Waals surface area contributed by atoms with Crippen molar-refractivity contribution in [2.24, 2.45) is 0 Å². The van der Waals surface area contributed by atoms with E-state index in [-0.39, 0.29) is 0 Å². The second-order valence-electron chi connectivity index (χ2n) is 4.46. The number of hydrogen-bond acceptors (Lipinski definition) is 6. The van der Waals surface area contributed by atoms with E-state index in [9.17, 15) is 0 Å². The van der Waals surface area contributed by atoms with Crippen molar-refractivity contribution in [1.82, 2.24) is 15.5 Å². The minimum absolute atomic E-state index is 0.576. The second kappa shape index (κ2) is 8.26. The summed E-state index contributed by atoms with van der Waals surface area (Å²) in [5.74, 6) is 2.87. The van der Waals surface area contributed by atoms with Crippen LogP contribution < -0.4 is 14.8 Å². The van der Waals surface area contributed by atoms with Crippen LogP contribution >= 0.6 is 0 Å². The van der Waals surface area contributed by atoms with Gasteiger partial charge >= 0.3 is 0 Å². The van der Waals surface area contributed by atoms with Gasteiger partial charge in [0.25, 0.3) is 0 Å². The molecule has 1 N–H and O–H groups in total. The molecule has 0 aliphatic rings. The predicted molar refractivity (Wildman–Crippen MR) is 78.7 cm³/mol. The largest absolute Gasteiger partial charge is 0.490 e. The minimum Gasteiger partial charge on any atom is -0.490 e. The molecule has 1 aromatic carbocycles. The van der Waals surface area contributed by atoms with Crippen molar-refractivity contribution in [2.75, 3.05) is 26.3 Å². The number of hydrogen-bond donors (Lipinski definition) is 1. The molecular weight excluding hydrogens is 270 g/mol. The lowest BCUT2D eigenvalue weighted by Gasteiger charge is -2.11. The van der Waals surface area contributed by atoms with Gasteiger partial charge in [0.15, 0.2) is 17.3 Å². The minimum atomic E-state index is 0.576. The highest BCUT2D eigenvalue weighted by Crippen LogP contribution is 2.25. The molecule has 0 saturated heterocycles. The number of rotatable bonds is 9. The Kier molecular flexibility index (Phi) is 6.02. The van der Waals surface area contributed by atoms with Gasteiger partial charge in [-0.3, -0.25) is 0 Å². The van der Waals surface area contributed by atoms with E-state index in [0.29, 0.717) is 24.9 Å². The van der Waals surface area contributed by atoms with Gasteiger partial charge < -0.3 is 19.3 Å². The zero-order valence-corrected chi connectivity index (χ0v) is 12.5. The van der Waals surface area contributed by atoms with Crippen molar-refractivity contribution < 1.29 is 14.0 Å². The molecular formula is C15H21N3O3. The van der Waals surface area contributed by atoms with Gasteiger partial charge in [0.2, 0.25) is 5.89 Å². The van der Waals surface area contributed by atoms with Gasteiger partial charge in [-0.1, -0.05) is 17.3 Å².